The summed E-state index contributed by atoms with van der Waals surface area (Å²) in [6, 6.07) is 5.87. The van der Waals surface area contributed by atoms with Crippen LogP contribution in [0.2, 0.25) is 0 Å². The molecule has 1 spiro atoms. The standard InChI is InChI=1S/C18H17N7OS.C2HF3O2/c19-13-9-3-4-27-17(9)24-16(26)12(13)15-21-10-1-2-11(22-14(10)23-15)25-7-18(8-25)5-20-6-18;3-2(4,5)1(6)7/h1-4,20H,5-8H2,(H3,19,24,26)(H,21,22,23);(H,6,7). The molecular weight excluding hydrogens is 475 g/mol. The van der Waals surface area contributed by atoms with Crippen LogP contribution in [0, 0.1) is 5.41 Å². The number of carboxylic acids is 1. The summed E-state index contributed by atoms with van der Waals surface area (Å²) in [5.41, 5.74) is 8.65. The SMILES string of the molecule is Nc1c(-c2nc3nc(N4CC5(CNC5)C4)ccc3[nH]2)c(=O)[nH]c2sccc12.O=C(O)C(F)(F)F. The normalized spacial score (nSPS) is 16.7. The van der Waals surface area contributed by atoms with Crippen LogP contribution in [0.4, 0.5) is 24.7 Å². The van der Waals surface area contributed by atoms with Crippen LogP contribution in [0.3, 0.4) is 0 Å². The number of aliphatic carboxylic acids is 1. The third-order valence-electron chi connectivity index (χ3n) is 5.87. The van der Waals surface area contributed by atoms with Crippen molar-refractivity contribution in [3.63, 3.8) is 0 Å². The fourth-order valence-corrected chi connectivity index (χ4v) is 4.88. The van der Waals surface area contributed by atoms with E-state index in [9.17, 15) is 18.0 Å². The molecule has 6 N–H and O–H groups in total. The number of hydrogen-bond donors (Lipinski definition) is 5. The number of rotatable bonds is 2. The molecule has 0 atom stereocenters. The first-order chi connectivity index (χ1) is 16.1. The highest BCUT2D eigenvalue weighted by molar-refractivity contribution is 7.16. The Kier molecular flexibility index (Phi) is 5.02. The monoisotopic (exact) mass is 493 g/mol. The number of nitrogens with one attached hydrogen (secondary N) is 3. The summed E-state index contributed by atoms with van der Waals surface area (Å²) < 4.78 is 31.7. The van der Waals surface area contributed by atoms with Crippen molar-refractivity contribution in [3.05, 3.63) is 33.9 Å². The number of fused-ring (bicyclic) bond motifs is 2. The lowest BCUT2D eigenvalue weighted by molar-refractivity contribution is -0.192. The molecule has 4 aromatic rings. The fourth-order valence-electron chi connectivity index (χ4n) is 4.08. The maximum atomic E-state index is 12.5. The number of thiophene rings is 1. The summed E-state index contributed by atoms with van der Waals surface area (Å²) in [4.78, 5) is 39.8. The first-order valence-electron chi connectivity index (χ1n) is 10.1. The van der Waals surface area contributed by atoms with Gasteiger partial charge in [-0.15, -0.1) is 11.3 Å². The molecular formula is C20H18F3N7O3S. The van der Waals surface area contributed by atoms with Crippen molar-refractivity contribution in [2.24, 2.45) is 5.41 Å². The number of alkyl halides is 3. The van der Waals surface area contributed by atoms with Crippen LogP contribution in [0.25, 0.3) is 32.8 Å². The molecule has 4 aromatic heterocycles. The van der Waals surface area contributed by atoms with E-state index in [1.807, 2.05) is 23.6 Å². The Morgan fingerprint density at radius 2 is 1.88 bits per heavy atom. The minimum absolute atomic E-state index is 0.246. The summed E-state index contributed by atoms with van der Waals surface area (Å²) in [5, 5.41) is 13.2. The van der Waals surface area contributed by atoms with Crippen LogP contribution in [-0.4, -0.2) is 63.4 Å². The molecule has 2 aliphatic heterocycles. The number of carboxylic acid groups (broad SMARTS) is 1. The number of halogens is 3. The number of nitrogens with zero attached hydrogens (tertiary/aromatic N) is 3. The number of imidazole rings is 1. The van der Waals surface area contributed by atoms with Gasteiger partial charge in [0.25, 0.3) is 5.56 Å². The lowest BCUT2D eigenvalue weighted by Crippen LogP contribution is -2.71. The first-order valence-corrected chi connectivity index (χ1v) is 11.0. The van der Waals surface area contributed by atoms with Gasteiger partial charge in [-0.2, -0.15) is 13.2 Å². The van der Waals surface area contributed by atoms with Crippen LogP contribution < -0.4 is 21.5 Å². The molecule has 0 saturated carbocycles. The fraction of sp³-hybridized carbons (Fsp3) is 0.300. The second-order valence-electron chi connectivity index (χ2n) is 8.29. The van der Waals surface area contributed by atoms with Gasteiger partial charge in [0.15, 0.2) is 5.65 Å². The highest BCUT2D eigenvalue weighted by Gasteiger charge is 2.48. The summed E-state index contributed by atoms with van der Waals surface area (Å²) in [6.45, 7) is 4.23. The summed E-state index contributed by atoms with van der Waals surface area (Å²) in [7, 11) is 0. The number of hydrogen-bond acceptors (Lipinski definition) is 8. The average Bonchev–Trinajstić information content (AvgIpc) is 3.32. The minimum atomic E-state index is -5.08. The van der Waals surface area contributed by atoms with Crippen LogP contribution >= 0.6 is 11.3 Å². The van der Waals surface area contributed by atoms with E-state index in [4.69, 9.17) is 20.6 Å². The third-order valence-corrected chi connectivity index (χ3v) is 6.70. The maximum absolute atomic E-state index is 12.5. The summed E-state index contributed by atoms with van der Waals surface area (Å²) in [6.07, 6.45) is -5.08. The molecule has 0 aromatic carbocycles. The van der Waals surface area contributed by atoms with Gasteiger partial charge in [0, 0.05) is 37.0 Å². The first kappa shape index (κ1) is 22.2. The van der Waals surface area contributed by atoms with Gasteiger partial charge in [-0.05, 0) is 23.6 Å². The van der Waals surface area contributed by atoms with Crippen molar-refractivity contribution >= 4 is 50.2 Å². The van der Waals surface area contributed by atoms with Crippen LogP contribution in [0.15, 0.2) is 28.4 Å². The van der Waals surface area contributed by atoms with E-state index in [1.54, 1.807) is 0 Å². The van der Waals surface area contributed by atoms with E-state index >= 15 is 0 Å². The number of anilines is 2. The van der Waals surface area contributed by atoms with E-state index in [-0.39, 0.29) is 5.56 Å². The van der Waals surface area contributed by atoms with Gasteiger partial charge in [0.2, 0.25) is 0 Å². The largest absolute Gasteiger partial charge is 0.490 e. The Labute approximate surface area is 192 Å². The quantitative estimate of drug-likeness (QED) is 0.285. The Bertz CT molecular complexity index is 1460. The topological polar surface area (TPSA) is 153 Å². The zero-order valence-corrected chi connectivity index (χ0v) is 18.2. The Hall–Kier alpha value is -3.65. The molecule has 0 amide bonds. The van der Waals surface area contributed by atoms with E-state index in [2.05, 4.69) is 25.2 Å². The zero-order chi connectivity index (χ0) is 24.3. The van der Waals surface area contributed by atoms with Gasteiger partial charge in [-0.25, -0.2) is 14.8 Å². The molecule has 0 aliphatic carbocycles. The van der Waals surface area contributed by atoms with E-state index < -0.39 is 12.1 Å². The highest BCUT2D eigenvalue weighted by Crippen LogP contribution is 2.37. The number of H-pyrrole nitrogens is 2. The molecule has 2 aliphatic rings. The molecule has 14 heteroatoms. The van der Waals surface area contributed by atoms with Crippen molar-refractivity contribution in [1.82, 2.24) is 25.3 Å². The zero-order valence-electron chi connectivity index (χ0n) is 17.4. The average molecular weight is 493 g/mol. The van der Waals surface area contributed by atoms with Crippen molar-refractivity contribution in [2.75, 3.05) is 36.8 Å². The Balaban J connectivity index is 0.000000304. The number of aromatic nitrogens is 4. The van der Waals surface area contributed by atoms with Gasteiger partial charge in [0.1, 0.15) is 22.0 Å². The van der Waals surface area contributed by atoms with Gasteiger partial charge < -0.3 is 31.0 Å². The smallest absolute Gasteiger partial charge is 0.475 e. The third kappa shape index (κ3) is 3.74. The predicted molar refractivity (Wildman–Crippen MR) is 121 cm³/mol. The van der Waals surface area contributed by atoms with Crippen molar-refractivity contribution < 1.29 is 23.1 Å². The van der Waals surface area contributed by atoms with Gasteiger partial charge in [-0.1, -0.05) is 0 Å². The molecule has 0 unspecified atom stereocenters. The Morgan fingerprint density at radius 1 is 1.18 bits per heavy atom. The van der Waals surface area contributed by atoms with Crippen molar-refractivity contribution in [2.45, 2.75) is 6.18 Å². The second-order valence-corrected chi connectivity index (χ2v) is 9.21. The second kappa shape index (κ2) is 7.70. The van der Waals surface area contributed by atoms with Gasteiger partial charge >= 0.3 is 12.1 Å². The molecule has 6 rings (SSSR count). The van der Waals surface area contributed by atoms with Gasteiger partial charge in [0.05, 0.1) is 11.2 Å². The van der Waals surface area contributed by atoms with E-state index in [0.717, 1.165) is 47.7 Å². The summed E-state index contributed by atoms with van der Waals surface area (Å²) in [5.74, 6) is -1.38. The number of nitrogen functional groups attached to an aromatic ring is 1. The number of carbonyl (C=O) groups is 1. The molecule has 2 saturated heterocycles. The molecule has 0 bridgehead atoms. The van der Waals surface area contributed by atoms with Gasteiger partial charge in [-0.3, -0.25) is 4.79 Å². The molecule has 178 valence electrons. The summed E-state index contributed by atoms with van der Waals surface area (Å²) >= 11 is 1.46. The highest BCUT2D eigenvalue weighted by atomic mass is 32.1. The number of pyridine rings is 2. The van der Waals surface area contributed by atoms with E-state index in [1.165, 1.54) is 11.3 Å². The van der Waals surface area contributed by atoms with Crippen LogP contribution in [0.5, 0.6) is 0 Å². The molecule has 34 heavy (non-hydrogen) atoms. The molecule has 2 fully saturated rings. The van der Waals surface area contributed by atoms with E-state index in [0.29, 0.717) is 28.1 Å². The molecule has 10 nitrogen and oxygen atoms in total. The molecule has 6 heterocycles. The lowest BCUT2D eigenvalue weighted by atomic mass is 9.74. The molecule has 0 radical (unpaired) electrons. The predicted octanol–water partition coefficient (Wildman–Crippen LogP) is 2.15. The maximum Gasteiger partial charge on any atom is 0.490 e. The Morgan fingerprint density at radius 3 is 2.50 bits per heavy atom. The number of nitrogens with two attached hydrogens (primary N) is 1. The lowest BCUT2D eigenvalue weighted by Gasteiger charge is -2.56. The van der Waals surface area contributed by atoms with Crippen LogP contribution in [0.1, 0.15) is 0 Å². The van der Waals surface area contributed by atoms with Crippen molar-refractivity contribution in [3.8, 4) is 11.4 Å². The van der Waals surface area contributed by atoms with Crippen molar-refractivity contribution in [1.29, 1.82) is 0 Å². The minimum Gasteiger partial charge on any atom is -0.475 e. The van der Waals surface area contributed by atoms with Crippen LogP contribution in [-0.2, 0) is 4.79 Å². The number of aromatic amines is 2.